The first kappa shape index (κ1) is 23.0. The highest BCUT2D eigenvalue weighted by atomic mass is 35.5. The number of amidine groups is 1. The smallest absolute Gasteiger partial charge is 0.270 e. The molecule has 3 aromatic rings. The number of hydrazine groups is 1. The van der Waals surface area contributed by atoms with Crippen molar-refractivity contribution >= 4 is 63.6 Å². The van der Waals surface area contributed by atoms with Crippen molar-refractivity contribution in [2.24, 2.45) is 4.99 Å². The van der Waals surface area contributed by atoms with Gasteiger partial charge in [0.1, 0.15) is 5.84 Å². The summed E-state index contributed by atoms with van der Waals surface area (Å²) in [5.74, 6) is 0.512. The van der Waals surface area contributed by atoms with E-state index in [9.17, 15) is 4.79 Å². The fourth-order valence-corrected chi connectivity index (χ4v) is 4.86. The maximum absolute atomic E-state index is 13.3. The third-order valence-electron chi connectivity index (χ3n) is 5.93. The van der Waals surface area contributed by atoms with Crippen LogP contribution < -0.4 is 10.4 Å². The van der Waals surface area contributed by atoms with Gasteiger partial charge in [-0.2, -0.15) is 0 Å². The van der Waals surface area contributed by atoms with E-state index in [4.69, 9.17) is 39.8 Å². The lowest BCUT2D eigenvalue weighted by molar-refractivity contribution is 0.0954. The largest absolute Gasteiger partial charge is 0.353 e. The average molecular weight is 515 g/mol. The van der Waals surface area contributed by atoms with Gasteiger partial charge in [-0.05, 0) is 55.6 Å². The number of rotatable bonds is 2. The Balaban J connectivity index is 1.61. The van der Waals surface area contributed by atoms with E-state index < -0.39 is 0 Å². The Hall–Kier alpha value is -2.77. The summed E-state index contributed by atoms with van der Waals surface area (Å²) in [5.41, 5.74) is 6.49. The third-order valence-corrected chi connectivity index (χ3v) is 6.60. The third kappa shape index (κ3) is 4.59. The first-order valence-corrected chi connectivity index (χ1v) is 12.0. The summed E-state index contributed by atoms with van der Waals surface area (Å²) >= 11 is 18.6. The lowest BCUT2D eigenvalue weighted by atomic mass is 10.1. The Bertz CT molecular complexity index is 1270. The minimum Gasteiger partial charge on any atom is -0.353 e. The number of halogens is 3. The maximum Gasteiger partial charge on any atom is 0.270 e. The van der Waals surface area contributed by atoms with E-state index in [2.05, 4.69) is 22.3 Å². The fraction of sp³-hybridized carbons (Fsp3) is 0.200. The summed E-state index contributed by atoms with van der Waals surface area (Å²) in [7, 11) is 2.12. The first-order valence-electron chi connectivity index (χ1n) is 10.9. The van der Waals surface area contributed by atoms with Gasteiger partial charge in [0.25, 0.3) is 5.91 Å². The summed E-state index contributed by atoms with van der Waals surface area (Å²) in [5, 5.41) is 3.10. The number of nitrogens with zero attached hydrogens (tertiary/aromatic N) is 4. The van der Waals surface area contributed by atoms with Crippen molar-refractivity contribution < 1.29 is 4.79 Å². The number of hydrogen-bond donors (Lipinski definition) is 1. The molecule has 0 saturated carbocycles. The van der Waals surface area contributed by atoms with Crippen molar-refractivity contribution in [3.63, 3.8) is 0 Å². The molecule has 2 aliphatic heterocycles. The zero-order chi connectivity index (χ0) is 23.8. The van der Waals surface area contributed by atoms with Gasteiger partial charge in [0.2, 0.25) is 0 Å². The Morgan fingerprint density at radius 1 is 0.853 bits per heavy atom. The second-order valence-electron chi connectivity index (χ2n) is 8.31. The molecule has 1 N–H and O–H groups in total. The summed E-state index contributed by atoms with van der Waals surface area (Å²) in [6, 6.07) is 18.1. The van der Waals surface area contributed by atoms with Crippen molar-refractivity contribution in [1.29, 1.82) is 0 Å². The molecule has 2 heterocycles. The minimum atomic E-state index is -0.344. The van der Waals surface area contributed by atoms with Crippen molar-refractivity contribution in [2.75, 3.05) is 38.2 Å². The Kier molecular flexibility index (Phi) is 6.40. The van der Waals surface area contributed by atoms with Gasteiger partial charge < -0.3 is 9.80 Å². The second-order valence-corrected chi connectivity index (χ2v) is 9.62. The number of carbonyl (C=O) groups excluding carboxylic acids is 1. The standard InChI is InChI=1S/C25H22Cl3N5O/c1-31-8-10-32(11-9-31)24-20-4-2-3-5-22(20)33(23-7-6-17(26)15-21(23)29-24)30-25(34)16-12-18(27)14-19(28)13-16/h2-7,12-15H,8-11H2,1H3,(H,30,34). The second kappa shape index (κ2) is 9.47. The molecule has 6 nitrogen and oxygen atoms in total. The van der Waals surface area contributed by atoms with Crippen LogP contribution in [0.15, 0.2) is 65.7 Å². The van der Waals surface area contributed by atoms with Gasteiger partial charge >= 0.3 is 0 Å². The molecule has 1 saturated heterocycles. The number of anilines is 2. The van der Waals surface area contributed by atoms with Gasteiger partial charge in [0, 0.05) is 52.4 Å². The molecular formula is C25H22Cl3N5O. The van der Waals surface area contributed by atoms with Gasteiger partial charge in [-0.15, -0.1) is 0 Å². The lowest BCUT2D eigenvalue weighted by Crippen LogP contribution is -2.47. The number of fused-ring (bicyclic) bond motifs is 2. The van der Waals surface area contributed by atoms with Crippen molar-refractivity contribution in [2.45, 2.75) is 0 Å². The highest BCUT2D eigenvalue weighted by Gasteiger charge is 2.29. The molecule has 1 fully saturated rings. The molecule has 0 spiro atoms. The molecule has 0 aromatic heterocycles. The van der Waals surface area contributed by atoms with Gasteiger partial charge in [-0.3, -0.25) is 15.2 Å². The van der Waals surface area contributed by atoms with E-state index in [1.807, 2.05) is 36.4 Å². The summed E-state index contributed by atoms with van der Waals surface area (Å²) in [6.45, 7) is 3.60. The molecule has 0 aliphatic carbocycles. The van der Waals surface area contributed by atoms with Crippen LogP contribution in [0.5, 0.6) is 0 Å². The number of hydrogen-bond acceptors (Lipinski definition) is 5. The highest BCUT2D eigenvalue weighted by Crippen LogP contribution is 2.40. The molecule has 3 aromatic carbocycles. The van der Waals surface area contributed by atoms with Gasteiger partial charge in [0.15, 0.2) is 0 Å². The number of amides is 1. The number of piperazine rings is 1. The molecule has 1 amide bonds. The monoisotopic (exact) mass is 513 g/mol. The summed E-state index contributed by atoms with van der Waals surface area (Å²) in [4.78, 5) is 22.9. The summed E-state index contributed by atoms with van der Waals surface area (Å²) in [6.07, 6.45) is 0. The van der Waals surface area contributed by atoms with E-state index in [0.717, 1.165) is 43.3 Å². The van der Waals surface area contributed by atoms with Crippen LogP contribution in [0.4, 0.5) is 17.1 Å². The van der Waals surface area contributed by atoms with Crippen LogP contribution in [0.3, 0.4) is 0 Å². The first-order chi connectivity index (χ1) is 16.4. The molecule has 0 radical (unpaired) electrons. The molecule has 0 bridgehead atoms. The van der Waals surface area contributed by atoms with Crippen LogP contribution in [0.2, 0.25) is 15.1 Å². The number of likely N-dealkylation sites (N-methyl/N-ethyl adjacent to an activating group) is 1. The van der Waals surface area contributed by atoms with E-state index in [1.54, 1.807) is 29.3 Å². The van der Waals surface area contributed by atoms with Crippen molar-refractivity contribution in [3.05, 3.63) is 86.9 Å². The maximum atomic E-state index is 13.3. The van der Waals surface area contributed by atoms with Crippen LogP contribution in [0.25, 0.3) is 0 Å². The van der Waals surface area contributed by atoms with Crippen LogP contribution in [0, 0.1) is 0 Å². The zero-order valence-electron chi connectivity index (χ0n) is 18.4. The Morgan fingerprint density at radius 2 is 1.56 bits per heavy atom. The Labute approximate surface area is 213 Å². The SMILES string of the molecule is CN1CCN(C2=Nc3cc(Cl)ccc3N(NC(=O)c3cc(Cl)cc(Cl)c3)c3ccccc32)CC1. The van der Waals surface area contributed by atoms with Crippen LogP contribution >= 0.6 is 34.8 Å². The predicted octanol–water partition coefficient (Wildman–Crippen LogP) is 5.77. The topological polar surface area (TPSA) is 51.2 Å². The van der Waals surface area contributed by atoms with E-state index >= 15 is 0 Å². The number of nitrogens with one attached hydrogen (secondary N) is 1. The van der Waals surface area contributed by atoms with Gasteiger partial charge in [-0.1, -0.05) is 46.9 Å². The lowest BCUT2D eigenvalue weighted by Gasteiger charge is -2.35. The number of para-hydroxylation sites is 1. The number of aliphatic imine (C=N–C) groups is 1. The summed E-state index contributed by atoms with van der Waals surface area (Å²) < 4.78 is 0. The number of benzene rings is 3. The quantitative estimate of drug-likeness (QED) is 0.472. The molecule has 5 rings (SSSR count). The fourth-order valence-electron chi connectivity index (χ4n) is 4.17. The van der Waals surface area contributed by atoms with Gasteiger partial charge in [0.05, 0.1) is 17.1 Å². The van der Waals surface area contributed by atoms with Crippen LogP contribution in [-0.2, 0) is 0 Å². The minimum absolute atomic E-state index is 0.344. The molecule has 0 unspecified atom stereocenters. The molecule has 174 valence electrons. The molecule has 2 aliphatic rings. The molecular weight excluding hydrogens is 493 g/mol. The molecule has 0 atom stereocenters. The van der Waals surface area contributed by atoms with Crippen LogP contribution in [-0.4, -0.2) is 54.8 Å². The van der Waals surface area contributed by atoms with E-state index in [1.165, 1.54) is 0 Å². The van der Waals surface area contributed by atoms with E-state index in [0.29, 0.717) is 32.0 Å². The van der Waals surface area contributed by atoms with Crippen molar-refractivity contribution in [1.82, 2.24) is 15.2 Å². The molecule has 9 heteroatoms. The normalized spacial score (nSPS) is 15.8. The van der Waals surface area contributed by atoms with Crippen molar-refractivity contribution in [3.8, 4) is 0 Å². The Morgan fingerprint density at radius 3 is 2.29 bits per heavy atom. The van der Waals surface area contributed by atoms with Crippen LogP contribution in [0.1, 0.15) is 15.9 Å². The van der Waals surface area contributed by atoms with E-state index in [-0.39, 0.29) is 5.91 Å². The van der Waals surface area contributed by atoms with Gasteiger partial charge in [-0.25, -0.2) is 4.99 Å². The predicted molar refractivity (Wildman–Crippen MR) is 139 cm³/mol. The highest BCUT2D eigenvalue weighted by molar-refractivity contribution is 6.35. The molecule has 34 heavy (non-hydrogen) atoms. The average Bonchev–Trinajstić information content (AvgIpc) is 2.94. The zero-order valence-corrected chi connectivity index (χ0v) is 20.7. The number of carbonyl (C=O) groups is 1.